The summed E-state index contributed by atoms with van der Waals surface area (Å²) in [5.41, 5.74) is 0.211. The van der Waals surface area contributed by atoms with Gasteiger partial charge in [-0.15, -0.1) is 6.58 Å². The molecule has 0 saturated heterocycles. The first kappa shape index (κ1) is 14.6. The second-order valence-electron chi connectivity index (χ2n) is 5.91. The van der Waals surface area contributed by atoms with E-state index in [-0.39, 0.29) is 17.6 Å². The number of pyridine rings is 1. The zero-order valence-electron chi connectivity index (χ0n) is 12.2. The van der Waals surface area contributed by atoms with Crippen LogP contribution in [0.1, 0.15) is 49.9 Å². The predicted octanol–water partition coefficient (Wildman–Crippen LogP) is 3.10. The molecule has 1 aliphatic carbocycles. The van der Waals surface area contributed by atoms with Crippen LogP contribution in [0.3, 0.4) is 0 Å². The molecule has 20 heavy (non-hydrogen) atoms. The number of carbonyl (C=O) groups is 1. The average molecular weight is 274 g/mol. The van der Waals surface area contributed by atoms with Gasteiger partial charge in [0.15, 0.2) is 0 Å². The third-order valence-electron chi connectivity index (χ3n) is 3.44. The molecule has 4 nitrogen and oxygen atoms in total. The van der Waals surface area contributed by atoms with E-state index in [4.69, 9.17) is 4.74 Å². The van der Waals surface area contributed by atoms with Crippen molar-refractivity contribution >= 4 is 5.91 Å². The summed E-state index contributed by atoms with van der Waals surface area (Å²) in [5.74, 6) is 0.535. The highest BCUT2D eigenvalue weighted by molar-refractivity contribution is 5.94. The Morgan fingerprint density at radius 1 is 1.55 bits per heavy atom. The lowest BCUT2D eigenvalue weighted by molar-refractivity contribution is 0.0910. The second-order valence-corrected chi connectivity index (χ2v) is 5.91. The van der Waals surface area contributed by atoms with Gasteiger partial charge < -0.3 is 10.1 Å². The Kier molecular flexibility index (Phi) is 4.42. The Morgan fingerprint density at radius 3 is 2.90 bits per heavy atom. The smallest absolute Gasteiger partial charge is 0.253 e. The molecule has 2 rings (SSSR count). The van der Waals surface area contributed by atoms with Gasteiger partial charge in [-0.05, 0) is 45.6 Å². The number of nitrogens with zero attached hydrogens (tertiary/aromatic N) is 1. The van der Waals surface area contributed by atoms with Crippen molar-refractivity contribution in [3.8, 4) is 5.75 Å². The van der Waals surface area contributed by atoms with Crippen molar-refractivity contribution in [2.45, 2.75) is 51.2 Å². The van der Waals surface area contributed by atoms with E-state index in [1.807, 2.05) is 13.8 Å². The minimum absolute atomic E-state index is 0.136. The predicted molar refractivity (Wildman–Crippen MR) is 78.9 cm³/mol. The molecule has 4 heteroatoms. The van der Waals surface area contributed by atoms with Crippen LogP contribution >= 0.6 is 0 Å². The molecule has 1 aromatic rings. The summed E-state index contributed by atoms with van der Waals surface area (Å²) in [6.07, 6.45) is 9.41. The summed E-state index contributed by atoms with van der Waals surface area (Å²) in [6.45, 7) is 7.64. The van der Waals surface area contributed by atoms with E-state index in [9.17, 15) is 4.79 Å². The second kappa shape index (κ2) is 6.07. The molecule has 0 aromatic carbocycles. The lowest BCUT2D eigenvalue weighted by atomic mass is 9.96. The Morgan fingerprint density at radius 2 is 2.30 bits per heavy atom. The maximum Gasteiger partial charge on any atom is 0.253 e. The van der Waals surface area contributed by atoms with Crippen LogP contribution in [0.25, 0.3) is 0 Å². The molecule has 1 fully saturated rings. The van der Waals surface area contributed by atoms with E-state index in [1.54, 1.807) is 24.5 Å². The molecule has 108 valence electrons. The molecule has 1 aromatic heterocycles. The van der Waals surface area contributed by atoms with E-state index in [1.165, 1.54) is 6.42 Å². The number of nitrogens with one attached hydrogen (secondary N) is 1. The normalized spacial score (nSPS) is 15.3. The number of ether oxygens (including phenoxy) is 1. The highest BCUT2D eigenvalue weighted by Gasteiger charge is 2.22. The number of hydrogen-bond donors (Lipinski definition) is 1. The molecule has 1 heterocycles. The van der Waals surface area contributed by atoms with Crippen LogP contribution in [0.2, 0.25) is 0 Å². The Bertz CT molecular complexity index is 493. The third kappa shape index (κ3) is 3.83. The molecule has 1 amide bonds. The average Bonchev–Trinajstić information content (AvgIpc) is 2.33. The minimum Gasteiger partial charge on any atom is -0.489 e. The first-order valence-electron chi connectivity index (χ1n) is 7.05. The summed E-state index contributed by atoms with van der Waals surface area (Å²) in [4.78, 5) is 16.3. The third-order valence-corrected chi connectivity index (χ3v) is 3.44. The number of amides is 1. The molecule has 0 radical (unpaired) electrons. The number of carbonyl (C=O) groups excluding carboxylic acids is 1. The zero-order chi connectivity index (χ0) is 14.6. The SMILES string of the molecule is C=CCC(C)(C)NC(=O)c1cncc(OC2CCC2)c1. The van der Waals surface area contributed by atoms with E-state index in [2.05, 4.69) is 16.9 Å². The summed E-state index contributed by atoms with van der Waals surface area (Å²) in [6, 6.07) is 1.75. The van der Waals surface area contributed by atoms with Crippen LogP contribution in [0.5, 0.6) is 5.75 Å². The van der Waals surface area contributed by atoms with Gasteiger partial charge in [-0.1, -0.05) is 6.08 Å². The van der Waals surface area contributed by atoms with Gasteiger partial charge in [-0.25, -0.2) is 0 Å². The zero-order valence-corrected chi connectivity index (χ0v) is 12.2. The van der Waals surface area contributed by atoms with E-state index < -0.39 is 0 Å². The van der Waals surface area contributed by atoms with Gasteiger partial charge >= 0.3 is 0 Å². The van der Waals surface area contributed by atoms with Gasteiger partial charge in [0.05, 0.1) is 17.9 Å². The molecule has 1 aliphatic rings. The van der Waals surface area contributed by atoms with Crippen molar-refractivity contribution in [3.63, 3.8) is 0 Å². The van der Waals surface area contributed by atoms with Crippen molar-refractivity contribution in [1.29, 1.82) is 0 Å². The minimum atomic E-state index is -0.316. The van der Waals surface area contributed by atoms with E-state index in [0.29, 0.717) is 17.7 Å². The number of hydrogen-bond acceptors (Lipinski definition) is 3. The molecule has 1 N–H and O–H groups in total. The van der Waals surface area contributed by atoms with Gasteiger partial charge in [-0.2, -0.15) is 0 Å². The van der Waals surface area contributed by atoms with Crippen molar-refractivity contribution in [3.05, 3.63) is 36.7 Å². The largest absolute Gasteiger partial charge is 0.489 e. The first-order chi connectivity index (χ1) is 9.50. The number of rotatable bonds is 6. The molecule has 0 aliphatic heterocycles. The summed E-state index contributed by atoms with van der Waals surface area (Å²) in [7, 11) is 0. The topological polar surface area (TPSA) is 51.2 Å². The molecule has 0 unspecified atom stereocenters. The molecular weight excluding hydrogens is 252 g/mol. The van der Waals surface area contributed by atoms with Crippen molar-refractivity contribution in [2.75, 3.05) is 0 Å². The van der Waals surface area contributed by atoms with Crippen molar-refractivity contribution in [1.82, 2.24) is 10.3 Å². The lowest BCUT2D eigenvalue weighted by Crippen LogP contribution is -2.43. The Hall–Kier alpha value is -1.84. The maximum absolute atomic E-state index is 12.2. The summed E-state index contributed by atoms with van der Waals surface area (Å²) < 4.78 is 5.76. The van der Waals surface area contributed by atoms with Gasteiger partial charge in [0.1, 0.15) is 5.75 Å². The maximum atomic E-state index is 12.2. The quantitative estimate of drug-likeness (QED) is 0.811. The van der Waals surface area contributed by atoms with Gasteiger partial charge in [0, 0.05) is 11.7 Å². The monoisotopic (exact) mass is 274 g/mol. The molecule has 0 atom stereocenters. The fourth-order valence-corrected chi connectivity index (χ4v) is 2.08. The van der Waals surface area contributed by atoms with Crippen molar-refractivity contribution in [2.24, 2.45) is 0 Å². The van der Waals surface area contributed by atoms with Gasteiger partial charge in [0.25, 0.3) is 5.91 Å². The van der Waals surface area contributed by atoms with Crippen molar-refractivity contribution < 1.29 is 9.53 Å². The molecule has 0 spiro atoms. The van der Waals surface area contributed by atoms with Crippen LogP contribution in [0.15, 0.2) is 31.1 Å². The summed E-state index contributed by atoms with van der Waals surface area (Å²) in [5, 5.41) is 2.98. The van der Waals surface area contributed by atoms with Crippen LogP contribution in [0.4, 0.5) is 0 Å². The van der Waals surface area contributed by atoms with Crippen LogP contribution < -0.4 is 10.1 Å². The molecule has 1 saturated carbocycles. The van der Waals surface area contributed by atoms with Gasteiger partial charge in [0.2, 0.25) is 0 Å². The molecule has 0 bridgehead atoms. The van der Waals surface area contributed by atoms with Crippen LogP contribution in [-0.4, -0.2) is 22.5 Å². The lowest BCUT2D eigenvalue weighted by Gasteiger charge is -2.27. The van der Waals surface area contributed by atoms with E-state index in [0.717, 1.165) is 12.8 Å². The number of aromatic nitrogens is 1. The standard InChI is InChI=1S/C16H22N2O2/c1-4-8-16(2,3)18-15(19)12-9-14(11-17-10-12)20-13-6-5-7-13/h4,9-11,13H,1,5-8H2,2-3H3,(H,18,19). The Labute approximate surface area is 120 Å². The fourth-order valence-electron chi connectivity index (χ4n) is 2.08. The van der Waals surface area contributed by atoms with E-state index >= 15 is 0 Å². The fraction of sp³-hybridized carbons (Fsp3) is 0.500. The van der Waals surface area contributed by atoms with Gasteiger partial charge in [-0.3, -0.25) is 9.78 Å². The summed E-state index contributed by atoms with van der Waals surface area (Å²) >= 11 is 0. The Balaban J connectivity index is 2.01. The van der Waals surface area contributed by atoms with Crippen LogP contribution in [-0.2, 0) is 0 Å². The molecular formula is C16H22N2O2. The van der Waals surface area contributed by atoms with Crippen LogP contribution in [0, 0.1) is 0 Å². The highest BCUT2D eigenvalue weighted by atomic mass is 16.5. The first-order valence-corrected chi connectivity index (χ1v) is 7.05. The highest BCUT2D eigenvalue weighted by Crippen LogP contribution is 2.25.